The van der Waals surface area contributed by atoms with Crippen molar-refractivity contribution in [1.82, 2.24) is 10.3 Å². The van der Waals surface area contributed by atoms with Crippen LogP contribution in [0.25, 0.3) is 10.2 Å². The predicted octanol–water partition coefficient (Wildman–Crippen LogP) is 2.18. The molecule has 0 spiro atoms. The third-order valence-corrected chi connectivity index (χ3v) is 4.60. The van der Waals surface area contributed by atoms with E-state index >= 15 is 0 Å². The maximum absolute atomic E-state index is 12.2. The van der Waals surface area contributed by atoms with Crippen molar-refractivity contribution in [3.8, 4) is 0 Å². The van der Waals surface area contributed by atoms with Crippen LogP contribution in [-0.4, -0.2) is 30.1 Å². The molecule has 3 rings (SSSR count). The molecule has 2 aromatic rings. The number of hydrogen-bond acceptors (Lipinski definition) is 5. The summed E-state index contributed by atoms with van der Waals surface area (Å²) in [5.74, 6) is -0.139. The average molecular weight is 291 g/mol. The summed E-state index contributed by atoms with van der Waals surface area (Å²) in [7, 11) is 0. The number of thiophene rings is 1. The molecule has 1 unspecified atom stereocenters. The summed E-state index contributed by atoms with van der Waals surface area (Å²) in [4.78, 5) is 17.8. The van der Waals surface area contributed by atoms with Gasteiger partial charge in [-0.3, -0.25) is 4.79 Å². The molecule has 2 aromatic heterocycles. The van der Waals surface area contributed by atoms with E-state index in [0.29, 0.717) is 17.1 Å². The van der Waals surface area contributed by atoms with Crippen molar-refractivity contribution < 1.29 is 9.53 Å². The Balaban J connectivity index is 1.70. The van der Waals surface area contributed by atoms with Crippen molar-refractivity contribution in [2.75, 3.05) is 18.9 Å². The molecule has 1 amide bonds. The largest absolute Gasteiger partial charge is 0.397 e. The Morgan fingerprint density at radius 1 is 1.55 bits per heavy atom. The third-order valence-electron chi connectivity index (χ3n) is 3.48. The summed E-state index contributed by atoms with van der Waals surface area (Å²) in [5, 5.41) is 3.75. The summed E-state index contributed by atoms with van der Waals surface area (Å²) in [6.07, 6.45) is 5.11. The Morgan fingerprint density at radius 2 is 2.45 bits per heavy atom. The van der Waals surface area contributed by atoms with Gasteiger partial charge in [0.05, 0.1) is 11.8 Å². The number of nitrogens with two attached hydrogens (primary N) is 1. The van der Waals surface area contributed by atoms with E-state index in [9.17, 15) is 4.79 Å². The number of aromatic nitrogens is 1. The molecule has 3 N–H and O–H groups in total. The Hall–Kier alpha value is -1.66. The van der Waals surface area contributed by atoms with E-state index in [-0.39, 0.29) is 12.0 Å². The first-order valence-corrected chi connectivity index (χ1v) is 7.60. The number of nitrogens with one attached hydrogen (secondary N) is 1. The molecule has 3 heterocycles. The van der Waals surface area contributed by atoms with E-state index in [1.165, 1.54) is 11.3 Å². The molecule has 1 atom stereocenters. The van der Waals surface area contributed by atoms with E-state index < -0.39 is 0 Å². The van der Waals surface area contributed by atoms with Crippen molar-refractivity contribution in [3.63, 3.8) is 0 Å². The lowest BCUT2D eigenvalue weighted by molar-refractivity contribution is 0.0169. The lowest BCUT2D eigenvalue weighted by atomic mass is 10.1. The quantitative estimate of drug-likeness (QED) is 0.908. The van der Waals surface area contributed by atoms with Crippen LogP contribution in [-0.2, 0) is 4.74 Å². The summed E-state index contributed by atoms with van der Waals surface area (Å²) in [6, 6.07) is 3.71. The van der Waals surface area contributed by atoms with Crippen molar-refractivity contribution in [3.05, 3.63) is 23.2 Å². The van der Waals surface area contributed by atoms with Gasteiger partial charge in [0.25, 0.3) is 5.91 Å². The number of nitrogen functional groups attached to an aromatic ring is 1. The number of ether oxygens (including phenoxy) is 1. The average Bonchev–Trinajstić information content (AvgIpc) is 2.84. The number of hydrogen-bond donors (Lipinski definition) is 2. The molecule has 6 heteroatoms. The van der Waals surface area contributed by atoms with E-state index in [1.807, 2.05) is 12.1 Å². The van der Waals surface area contributed by atoms with Crippen molar-refractivity contribution in [2.45, 2.75) is 25.4 Å². The zero-order valence-corrected chi connectivity index (χ0v) is 11.9. The number of carbonyl (C=O) groups is 1. The molecule has 106 valence electrons. The Morgan fingerprint density at radius 3 is 3.20 bits per heavy atom. The van der Waals surface area contributed by atoms with Gasteiger partial charge in [0, 0.05) is 24.7 Å². The first kappa shape index (κ1) is 13.3. The monoisotopic (exact) mass is 291 g/mol. The fraction of sp³-hybridized carbons (Fsp3) is 0.429. The van der Waals surface area contributed by atoms with Gasteiger partial charge in [0.15, 0.2) is 0 Å². The maximum atomic E-state index is 12.2. The highest BCUT2D eigenvalue weighted by Crippen LogP contribution is 2.31. The summed E-state index contributed by atoms with van der Waals surface area (Å²) in [6.45, 7) is 1.33. The fourth-order valence-corrected chi connectivity index (χ4v) is 3.35. The van der Waals surface area contributed by atoms with E-state index in [1.54, 1.807) is 6.20 Å². The predicted molar refractivity (Wildman–Crippen MR) is 80.0 cm³/mol. The molecule has 20 heavy (non-hydrogen) atoms. The molecular formula is C14H17N3O2S. The molecule has 1 aliphatic heterocycles. The second-order valence-electron chi connectivity index (χ2n) is 4.90. The molecule has 1 aliphatic rings. The third kappa shape index (κ3) is 2.62. The van der Waals surface area contributed by atoms with Gasteiger partial charge in [-0.25, -0.2) is 4.98 Å². The van der Waals surface area contributed by atoms with E-state index in [4.69, 9.17) is 10.5 Å². The lowest BCUT2D eigenvalue weighted by Crippen LogP contribution is -2.35. The molecule has 0 aromatic carbocycles. The van der Waals surface area contributed by atoms with Gasteiger partial charge in [0.1, 0.15) is 9.71 Å². The molecular weight excluding hydrogens is 274 g/mol. The Labute approximate surface area is 121 Å². The van der Waals surface area contributed by atoms with Gasteiger partial charge in [-0.2, -0.15) is 0 Å². The second-order valence-corrected chi connectivity index (χ2v) is 5.90. The van der Waals surface area contributed by atoms with Gasteiger partial charge < -0.3 is 15.8 Å². The molecule has 1 saturated heterocycles. The number of rotatable bonds is 3. The van der Waals surface area contributed by atoms with Crippen LogP contribution in [0.5, 0.6) is 0 Å². The van der Waals surface area contributed by atoms with Gasteiger partial charge in [-0.1, -0.05) is 0 Å². The topological polar surface area (TPSA) is 77.2 Å². The summed E-state index contributed by atoms with van der Waals surface area (Å²) < 4.78 is 5.60. The van der Waals surface area contributed by atoms with Crippen LogP contribution in [0.1, 0.15) is 28.9 Å². The highest BCUT2D eigenvalue weighted by atomic mass is 32.1. The zero-order valence-electron chi connectivity index (χ0n) is 11.1. The Kier molecular flexibility index (Phi) is 3.84. The fourth-order valence-electron chi connectivity index (χ4n) is 2.37. The van der Waals surface area contributed by atoms with Crippen molar-refractivity contribution in [2.24, 2.45) is 0 Å². The minimum absolute atomic E-state index is 0.126. The van der Waals surface area contributed by atoms with Gasteiger partial charge in [-0.05, 0) is 31.4 Å². The summed E-state index contributed by atoms with van der Waals surface area (Å²) in [5.41, 5.74) is 6.54. The van der Waals surface area contributed by atoms with Crippen LogP contribution in [0.15, 0.2) is 18.3 Å². The molecule has 5 nitrogen and oxygen atoms in total. The number of nitrogens with zero attached hydrogens (tertiary/aromatic N) is 1. The number of carbonyl (C=O) groups excluding carboxylic acids is 1. The summed E-state index contributed by atoms with van der Waals surface area (Å²) >= 11 is 1.33. The smallest absolute Gasteiger partial charge is 0.263 e. The van der Waals surface area contributed by atoms with Crippen LogP contribution in [0, 0.1) is 0 Å². The molecule has 0 saturated carbocycles. The second kappa shape index (κ2) is 5.76. The first-order chi connectivity index (χ1) is 9.75. The number of pyridine rings is 1. The first-order valence-electron chi connectivity index (χ1n) is 6.78. The van der Waals surface area contributed by atoms with E-state index in [0.717, 1.165) is 36.1 Å². The van der Waals surface area contributed by atoms with Gasteiger partial charge in [0.2, 0.25) is 0 Å². The molecule has 1 fully saturated rings. The molecule has 0 radical (unpaired) electrons. The molecule has 0 aliphatic carbocycles. The number of fused-ring (bicyclic) bond motifs is 1. The van der Waals surface area contributed by atoms with E-state index in [2.05, 4.69) is 10.3 Å². The van der Waals surface area contributed by atoms with Crippen LogP contribution in [0.3, 0.4) is 0 Å². The highest BCUT2D eigenvalue weighted by Gasteiger charge is 2.19. The van der Waals surface area contributed by atoms with Crippen LogP contribution in [0.2, 0.25) is 0 Å². The van der Waals surface area contributed by atoms with Gasteiger partial charge in [-0.15, -0.1) is 11.3 Å². The normalized spacial score (nSPS) is 19.1. The lowest BCUT2D eigenvalue weighted by Gasteiger charge is -2.22. The van der Waals surface area contributed by atoms with Crippen molar-refractivity contribution >= 4 is 33.1 Å². The maximum Gasteiger partial charge on any atom is 0.263 e. The Bertz CT molecular complexity index is 620. The van der Waals surface area contributed by atoms with Crippen LogP contribution >= 0.6 is 11.3 Å². The van der Waals surface area contributed by atoms with Crippen LogP contribution in [0.4, 0.5) is 5.69 Å². The minimum Gasteiger partial charge on any atom is -0.397 e. The minimum atomic E-state index is -0.139. The number of amides is 1. The van der Waals surface area contributed by atoms with Crippen LogP contribution < -0.4 is 11.1 Å². The zero-order chi connectivity index (χ0) is 13.9. The molecule has 0 bridgehead atoms. The number of anilines is 1. The van der Waals surface area contributed by atoms with Crippen molar-refractivity contribution in [1.29, 1.82) is 0 Å². The van der Waals surface area contributed by atoms with Gasteiger partial charge >= 0.3 is 0 Å². The SMILES string of the molecule is Nc1c(C(=O)NCC2CCCCO2)sc2ncccc12. The standard InChI is InChI=1S/C14H17N3O2S/c15-11-10-5-3-6-16-14(10)20-12(11)13(18)17-8-9-4-1-2-7-19-9/h3,5-6,9H,1-2,4,7-8,15H2,(H,17,18). The highest BCUT2D eigenvalue weighted by molar-refractivity contribution is 7.21.